The van der Waals surface area contributed by atoms with Crippen LogP contribution in [0.3, 0.4) is 0 Å². The molecule has 0 saturated heterocycles. The van der Waals surface area contributed by atoms with Crippen molar-refractivity contribution in [1.82, 2.24) is 10.2 Å². The van der Waals surface area contributed by atoms with Crippen molar-refractivity contribution in [3.63, 3.8) is 0 Å². The second-order valence-corrected chi connectivity index (χ2v) is 6.43. The van der Waals surface area contributed by atoms with Gasteiger partial charge in [-0.25, -0.2) is 0 Å². The van der Waals surface area contributed by atoms with E-state index in [0.29, 0.717) is 12.6 Å². The quantitative estimate of drug-likeness (QED) is 0.221. The molecule has 6 nitrogen and oxygen atoms in total. The molecule has 0 spiro atoms. The number of guanidine groups is 1. The molecule has 1 aliphatic carbocycles. The van der Waals surface area contributed by atoms with Crippen LogP contribution in [0.15, 0.2) is 4.99 Å². The molecule has 0 bridgehead atoms. The third-order valence-corrected chi connectivity index (χ3v) is 3.01. The molecule has 0 heterocycles. The molecule has 0 aromatic carbocycles. The Kier molecular flexibility index (Phi) is 9.99. The summed E-state index contributed by atoms with van der Waals surface area (Å²) in [5.74, 6) is 1.15. The van der Waals surface area contributed by atoms with E-state index < -0.39 is 5.60 Å². The van der Waals surface area contributed by atoms with Crippen LogP contribution in [0.4, 0.5) is 0 Å². The van der Waals surface area contributed by atoms with E-state index in [1.54, 1.807) is 7.05 Å². The number of aliphatic imine (C=N–C) groups is 1. The summed E-state index contributed by atoms with van der Waals surface area (Å²) in [6.45, 7) is 7.92. The number of nitrogens with one attached hydrogen (secondary N) is 1. The third-order valence-electron chi connectivity index (χ3n) is 3.01. The van der Waals surface area contributed by atoms with E-state index in [0.717, 1.165) is 19.1 Å². The van der Waals surface area contributed by atoms with Gasteiger partial charge in [-0.2, -0.15) is 0 Å². The summed E-state index contributed by atoms with van der Waals surface area (Å²) in [7, 11) is 3.61. The van der Waals surface area contributed by atoms with Crippen molar-refractivity contribution < 1.29 is 14.3 Å². The van der Waals surface area contributed by atoms with E-state index in [4.69, 9.17) is 9.47 Å². The zero-order chi connectivity index (χ0) is 15.9. The Morgan fingerprint density at radius 1 is 1.36 bits per heavy atom. The minimum Gasteiger partial charge on any atom is -0.459 e. The zero-order valence-electron chi connectivity index (χ0n) is 14.3. The molecule has 0 aromatic rings. The summed E-state index contributed by atoms with van der Waals surface area (Å²) < 4.78 is 10.8. The van der Waals surface area contributed by atoms with Crippen LogP contribution < -0.4 is 5.32 Å². The van der Waals surface area contributed by atoms with Gasteiger partial charge in [-0.05, 0) is 39.5 Å². The fraction of sp³-hybridized carbons (Fsp3) is 0.867. The molecule has 1 aliphatic rings. The van der Waals surface area contributed by atoms with Gasteiger partial charge in [0.15, 0.2) is 5.96 Å². The number of likely N-dealkylation sites (N-methyl/N-ethyl adjacent to an activating group) is 1. The van der Waals surface area contributed by atoms with Crippen molar-refractivity contribution in [3.8, 4) is 0 Å². The number of esters is 1. The van der Waals surface area contributed by atoms with E-state index >= 15 is 0 Å². The highest BCUT2D eigenvalue weighted by Gasteiger charge is 2.21. The monoisotopic (exact) mass is 427 g/mol. The van der Waals surface area contributed by atoms with Gasteiger partial charge in [0.2, 0.25) is 0 Å². The Bertz CT molecular complexity index is 366. The smallest absolute Gasteiger partial charge is 0.325 e. The molecule has 7 heteroatoms. The first-order chi connectivity index (χ1) is 9.81. The Morgan fingerprint density at radius 2 is 2.00 bits per heavy atom. The fourth-order valence-electron chi connectivity index (χ4n) is 1.76. The number of carbonyl (C=O) groups is 1. The Morgan fingerprint density at radius 3 is 2.50 bits per heavy atom. The van der Waals surface area contributed by atoms with E-state index in [1.807, 2.05) is 32.7 Å². The lowest BCUT2D eigenvalue weighted by atomic mass is 10.2. The molecule has 1 saturated carbocycles. The lowest BCUT2D eigenvalue weighted by Gasteiger charge is -2.23. The van der Waals surface area contributed by atoms with E-state index in [9.17, 15) is 4.79 Å². The van der Waals surface area contributed by atoms with Crippen molar-refractivity contribution >= 4 is 35.9 Å². The lowest BCUT2D eigenvalue weighted by Crippen LogP contribution is -2.43. The summed E-state index contributed by atoms with van der Waals surface area (Å²) in [4.78, 5) is 17.8. The van der Waals surface area contributed by atoms with Gasteiger partial charge >= 0.3 is 5.97 Å². The number of carbonyl (C=O) groups excluding carboxylic acids is 1. The maximum absolute atomic E-state index is 11.7. The van der Waals surface area contributed by atoms with Gasteiger partial charge in [-0.3, -0.25) is 9.79 Å². The second kappa shape index (κ2) is 10.3. The number of nitrogens with zero attached hydrogens (tertiary/aromatic N) is 2. The van der Waals surface area contributed by atoms with Crippen molar-refractivity contribution in [2.75, 3.05) is 40.4 Å². The molecule has 0 radical (unpaired) electrons. The van der Waals surface area contributed by atoms with Crippen molar-refractivity contribution in [2.24, 2.45) is 10.9 Å². The number of hydrogen-bond acceptors (Lipinski definition) is 4. The molecule has 0 aromatic heterocycles. The van der Waals surface area contributed by atoms with Crippen LogP contribution in [0.25, 0.3) is 0 Å². The topological polar surface area (TPSA) is 63.2 Å². The van der Waals surface area contributed by atoms with E-state index in [-0.39, 0.29) is 36.5 Å². The molecule has 0 aliphatic heterocycles. The lowest BCUT2D eigenvalue weighted by molar-refractivity contribution is -0.153. The van der Waals surface area contributed by atoms with Crippen LogP contribution in [-0.4, -0.2) is 62.8 Å². The van der Waals surface area contributed by atoms with Crippen LogP contribution in [-0.2, 0) is 14.3 Å². The predicted octanol–water partition coefficient (Wildman–Crippen LogP) is 1.88. The van der Waals surface area contributed by atoms with Crippen LogP contribution in [0.1, 0.15) is 33.6 Å². The number of ether oxygens (including phenoxy) is 2. The second-order valence-electron chi connectivity index (χ2n) is 6.43. The Balaban J connectivity index is 0.00000441. The highest BCUT2D eigenvalue weighted by Crippen LogP contribution is 2.28. The summed E-state index contributed by atoms with van der Waals surface area (Å²) in [6, 6.07) is 0. The van der Waals surface area contributed by atoms with Gasteiger partial charge in [0.05, 0.1) is 6.61 Å². The molecular weight excluding hydrogens is 397 g/mol. The summed E-state index contributed by atoms with van der Waals surface area (Å²) in [5.41, 5.74) is -0.467. The van der Waals surface area contributed by atoms with Crippen molar-refractivity contribution in [2.45, 2.75) is 39.2 Å². The zero-order valence-corrected chi connectivity index (χ0v) is 16.7. The molecule has 1 rings (SSSR count). The normalized spacial score (nSPS) is 15.0. The largest absolute Gasteiger partial charge is 0.459 e. The molecule has 22 heavy (non-hydrogen) atoms. The Labute approximate surface area is 151 Å². The van der Waals surface area contributed by atoms with Crippen molar-refractivity contribution in [3.05, 3.63) is 0 Å². The van der Waals surface area contributed by atoms with Crippen LogP contribution in [0.2, 0.25) is 0 Å². The maximum atomic E-state index is 11.7. The summed E-state index contributed by atoms with van der Waals surface area (Å²) >= 11 is 0. The van der Waals surface area contributed by atoms with Gasteiger partial charge in [0, 0.05) is 27.2 Å². The predicted molar refractivity (Wildman–Crippen MR) is 98.8 cm³/mol. The molecule has 0 unspecified atom stereocenters. The van der Waals surface area contributed by atoms with Crippen molar-refractivity contribution in [1.29, 1.82) is 0 Å². The minimum absolute atomic E-state index is 0. The highest BCUT2D eigenvalue weighted by molar-refractivity contribution is 14.0. The van der Waals surface area contributed by atoms with Gasteiger partial charge in [-0.15, -0.1) is 24.0 Å². The van der Waals surface area contributed by atoms with E-state index in [1.165, 1.54) is 12.8 Å². The maximum Gasteiger partial charge on any atom is 0.325 e. The highest BCUT2D eigenvalue weighted by atomic mass is 127. The molecular formula is C15H30IN3O3. The first-order valence-corrected chi connectivity index (χ1v) is 7.53. The van der Waals surface area contributed by atoms with Gasteiger partial charge in [0.25, 0.3) is 0 Å². The standard InChI is InChI=1S/C15H29N3O3.HI/c1-15(2,3)21-13(19)10-17-14(16-4)18(5)8-9-20-11-12-6-7-12;/h12H,6-11H2,1-5H3,(H,16,17);1H. The van der Waals surface area contributed by atoms with Crippen LogP contribution in [0, 0.1) is 5.92 Å². The molecule has 0 atom stereocenters. The summed E-state index contributed by atoms with van der Waals surface area (Å²) in [6.07, 6.45) is 2.60. The fourth-order valence-corrected chi connectivity index (χ4v) is 1.76. The van der Waals surface area contributed by atoms with Gasteiger partial charge in [0.1, 0.15) is 12.1 Å². The molecule has 1 N–H and O–H groups in total. The molecule has 0 amide bonds. The van der Waals surface area contributed by atoms with Gasteiger partial charge < -0.3 is 19.7 Å². The Hall–Kier alpha value is -0.570. The number of halogens is 1. The first kappa shape index (κ1) is 21.4. The van der Waals surface area contributed by atoms with Crippen LogP contribution >= 0.6 is 24.0 Å². The molecule has 1 fully saturated rings. The number of hydrogen-bond donors (Lipinski definition) is 1. The minimum atomic E-state index is -0.467. The first-order valence-electron chi connectivity index (χ1n) is 7.53. The van der Waals surface area contributed by atoms with Crippen LogP contribution in [0.5, 0.6) is 0 Å². The average Bonchev–Trinajstić information content (AvgIpc) is 3.17. The SMILES string of the molecule is CN=C(NCC(=O)OC(C)(C)C)N(C)CCOCC1CC1.I. The summed E-state index contributed by atoms with van der Waals surface area (Å²) in [5, 5.41) is 3.00. The van der Waals surface area contributed by atoms with E-state index in [2.05, 4.69) is 10.3 Å². The molecule has 130 valence electrons. The van der Waals surface area contributed by atoms with Gasteiger partial charge in [-0.1, -0.05) is 0 Å². The number of rotatable bonds is 7. The average molecular weight is 427 g/mol. The third kappa shape index (κ3) is 10.2.